The maximum Gasteiger partial charge on any atom is 0.0811 e. The fourth-order valence-corrected chi connectivity index (χ4v) is 6.89. The van der Waals surface area contributed by atoms with Gasteiger partial charge in [0.15, 0.2) is 0 Å². The van der Waals surface area contributed by atoms with E-state index in [9.17, 15) is 15.3 Å². The van der Waals surface area contributed by atoms with Gasteiger partial charge in [-0.05, 0) is 67.4 Å². The van der Waals surface area contributed by atoms with Gasteiger partial charge >= 0.3 is 0 Å². The number of fused-ring (bicyclic) bond motifs is 1. The molecule has 0 spiro atoms. The molecule has 3 rings (SSSR count). The first-order chi connectivity index (χ1) is 14.1. The highest BCUT2D eigenvalue weighted by Crippen LogP contribution is 2.56. The van der Waals surface area contributed by atoms with Gasteiger partial charge in [0.05, 0.1) is 18.3 Å². The third-order valence-electron chi connectivity index (χ3n) is 7.60. The lowest BCUT2D eigenvalue weighted by Gasteiger charge is -2.42. The van der Waals surface area contributed by atoms with E-state index in [2.05, 4.69) is 52.5 Å². The molecule has 2 fully saturated rings. The van der Waals surface area contributed by atoms with E-state index in [1.165, 1.54) is 18.4 Å². The molecule has 0 saturated heterocycles. The average Bonchev–Trinajstić information content (AvgIpc) is 3.04. The maximum atomic E-state index is 10.2. The molecule has 0 unspecified atom stereocenters. The highest BCUT2D eigenvalue weighted by molar-refractivity contribution is 8.00. The molecule has 30 heavy (non-hydrogen) atoms. The molecule has 0 aromatic carbocycles. The monoisotopic (exact) mass is 432 g/mol. The molecule has 6 atom stereocenters. The third kappa shape index (κ3) is 4.98. The first-order valence-corrected chi connectivity index (χ1v) is 12.6. The molecule has 0 amide bonds. The Hall–Kier alpha value is -0.810. The van der Waals surface area contributed by atoms with Crippen LogP contribution in [-0.2, 0) is 0 Å². The van der Waals surface area contributed by atoms with Crippen LogP contribution in [-0.4, -0.2) is 44.6 Å². The van der Waals surface area contributed by atoms with E-state index in [1.807, 2.05) is 11.8 Å². The average molecular weight is 433 g/mol. The number of rotatable bonds is 6. The molecule has 168 valence electrons. The molecule has 4 heteroatoms. The van der Waals surface area contributed by atoms with Crippen molar-refractivity contribution < 1.29 is 15.3 Å². The van der Waals surface area contributed by atoms with Crippen LogP contribution in [0.15, 0.2) is 47.1 Å². The second-order valence-corrected chi connectivity index (χ2v) is 11.4. The molecule has 0 aromatic rings. The van der Waals surface area contributed by atoms with Crippen LogP contribution < -0.4 is 0 Å². The fraction of sp³-hybridized carbons (Fsp3) is 0.692. The van der Waals surface area contributed by atoms with Crippen molar-refractivity contribution in [3.8, 4) is 0 Å². The summed E-state index contributed by atoms with van der Waals surface area (Å²) < 4.78 is 0. The van der Waals surface area contributed by atoms with Crippen LogP contribution >= 0.6 is 11.8 Å². The predicted octanol–water partition coefficient (Wildman–Crippen LogP) is 5.19. The number of hydrogen-bond acceptors (Lipinski definition) is 4. The SMILES string of the molecule is C=C1C(=CC=C2CCC[C@]3(C)C([C@H](C)SC[C@H](O)C(C)C)=CC[C@@H]23)C[C@@H](O)C[C@@H]1O. The van der Waals surface area contributed by atoms with Gasteiger partial charge in [-0.2, -0.15) is 11.8 Å². The van der Waals surface area contributed by atoms with E-state index in [-0.39, 0.29) is 11.5 Å². The largest absolute Gasteiger partial charge is 0.393 e. The van der Waals surface area contributed by atoms with Crippen molar-refractivity contribution in [1.29, 1.82) is 0 Å². The number of allylic oxidation sites excluding steroid dienone is 4. The van der Waals surface area contributed by atoms with Crippen molar-refractivity contribution in [3.05, 3.63) is 47.1 Å². The molecule has 2 saturated carbocycles. The smallest absolute Gasteiger partial charge is 0.0811 e. The van der Waals surface area contributed by atoms with Crippen LogP contribution in [0.3, 0.4) is 0 Å². The van der Waals surface area contributed by atoms with Crippen LogP contribution in [0.2, 0.25) is 0 Å². The van der Waals surface area contributed by atoms with Gasteiger partial charge in [-0.25, -0.2) is 0 Å². The van der Waals surface area contributed by atoms with Gasteiger partial charge in [-0.1, -0.05) is 56.7 Å². The van der Waals surface area contributed by atoms with E-state index in [0.29, 0.717) is 29.9 Å². The first-order valence-electron chi connectivity index (χ1n) is 11.6. The first kappa shape index (κ1) is 23.8. The highest BCUT2D eigenvalue weighted by atomic mass is 32.2. The number of aliphatic hydroxyl groups is 3. The summed E-state index contributed by atoms with van der Waals surface area (Å²) in [5, 5.41) is 30.8. The Morgan fingerprint density at radius 3 is 2.70 bits per heavy atom. The minimum Gasteiger partial charge on any atom is -0.393 e. The van der Waals surface area contributed by atoms with Crippen LogP contribution in [0.4, 0.5) is 0 Å². The van der Waals surface area contributed by atoms with Gasteiger partial charge in [-0.3, -0.25) is 0 Å². The highest BCUT2D eigenvalue weighted by Gasteiger charge is 2.46. The summed E-state index contributed by atoms with van der Waals surface area (Å²) in [6, 6.07) is 0. The minimum atomic E-state index is -0.631. The van der Waals surface area contributed by atoms with Crippen LogP contribution in [0, 0.1) is 17.3 Å². The van der Waals surface area contributed by atoms with Crippen molar-refractivity contribution in [3.63, 3.8) is 0 Å². The molecule has 0 radical (unpaired) electrons. The van der Waals surface area contributed by atoms with Crippen molar-refractivity contribution in [1.82, 2.24) is 0 Å². The summed E-state index contributed by atoms with van der Waals surface area (Å²) in [5.74, 6) is 1.62. The Kier molecular flexibility index (Phi) is 7.76. The lowest BCUT2D eigenvalue weighted by Crippen LogP contribution is -2.33. The Morgan fingerprint density at radius 1 is 1.27 bits per heavy atom. The molecule has 0 heterocycles. The molecular weight excluding hydrogens is 392 g/mol. The van der Waals surface area contributed by atoms with Crippen molar-refractivity contribution in [2.24, 2.45) is 17.3 Å². The zero-order valence-corrected chi connectivity index (χ0v) is 19.9. The molecule has 3 nitrogen and oxygen atoms in total. The van der Waals surface area contributed by atoms with Gasteiger partial charge in [0.1, 0.15) is 0 Å². The van der Waals surface area contributed by atoms with E-state index >= 15 is 0 Å². The van der Waals surface area contributed by atoms with E-state index in [1.54, 1.807) is 5.57 Å². The van der Waals surface area contributed by atoms with Crippen molar-refractivity contribution in [2.75, 3.05) is 5.75 Å². The third-order valence-corrected chi connectivity index (χ3v) is 8.89. The Bertz CT molecular complexity index is 735. The molecule has 0 bridgehead atoms. The van der Waals surface area contributed by atoms with Crippen LogP contribution in [0.25, 0.3) is 0 Å². The van der Waals surface area contributed by atoms with Gasteiger partial charge in [0.25, 0.3) is 0 Å². The second kappa shape index (κ2) is 9.77. The number of aliphatic hydroxyl groups excluding tert-OH is 3. The predicted molar refractivity (Wildman–Crippen MR) is 127 cm³/mol. The quantitative estimate of drug-likeness (QED) is 0.506. The van der Waals surface area contributed by atoms with Crippen molar-refractivity contribution in [2.45, 2.75) is 89.8 Å². The van der Waals surface area contributed by atoms with E-state index in [0.717, 1.165) is 29.7 Å². The lowest BCUT2D eigenvalue weighted by molar-refractivity contribution is 0.0862. The van der Waals surface area contributed by atoms with Gasteiger partial charge in [0, 0.05) is 17.4 Å². The number of thioether (sulfide) groups is 1. The molecule has 3 N–H and O–H groups in total. The zero-order chi connectivity index (χ0) is 22.1. The maximum absolute atomic E-state index is 10.2. The summed E-state index contributed by atoms with van der Waals surface area (Å²) in [7, 11) is 0. The molecule has 0 aromatic heterocycles. The van der Waals surface area contributed by atoms with E-state index < -0.39 is 12.2 Å². The van der Waals surface area contributed by atoms with Crippen LogP contribution in [0.5, 0.6) is 0 Å². The molecule has 0 aliphatic heterocycles. The van der Waals surface area contributed by atoms with E-state index in [4.69, 9.17) is 0 Å². The summed E-state index contributed by atoms with van der Waals surface area (Å²) in [4.78, 5) is 0. The fourth-order valence-electron chi connectivity index (χ4n) is 5.47. The second-order valence-electron chi connectivity index (χ2n) is 10.1. The summed E-state index contributed by atoms with van der Waals surface area (Å²) >= 11 is 1.89. The lowest BCUT2D eigenvalue weighted by atomic mass is 9.64. The Balaban J connectivity index is 1.73. The Morgan fingerprint density at radius 2 is 2.00 bits per heavy atom. The van der Waals surface area contributed by atoms with Crippen LogP contribution in [0.1, 0.15) is 66.2 Å². The van der Waals surface area contributed by atoms with Gasteiger partial charge < -0.3 is 15.3 Å². The normalized spacial score (nSPS) is 36.9. The standard InChI is InChI=1S/C26H40O3S/c1-16(2)25(29)15-30-18(4)22-10-11-23-19(7-6-12-26(22,23)5)8-9-20-13-21(27)14-24(28)17(20)3/h8-10,16,18,21,23-25,27-29H,3,6-7,11-15H2,1-2,4-5H3/t18-,21+,23-,24-,25-,26+/m0/s1. The number of hydrogen-bond donors (Lipinski definition) is 3. The van der Waals surface area contributed by atoms with Crippen molar-refractivity contribution >= 4 is 11.8 Å². The summed E-state index contributed by atoms with van der Waals surface area (Å²) in [6.07, 6.45) is 11.1. The minimum absolute atomic E-state index is 0.195. The van der Waals surface area contributed by atoms with Gasteiger partial charge in [-0.15, -0.1) is 0 Å². The summed E-state index contributed by atoms with van der Waals surface area (Å²) in [6.45, 7) is 12.9. The zero-order valence-electron chi connectivity index (χ0n) is 19.1. The topological polar surface area (TPSA) is 60.7 Å². The van der Waals surface area contributed by atoms with Gasteiger partial charge in [0.2, 0.25) is 0 Å². The Labute approximate surface area is 187 Å². The molecular formula is C26H40O3S. The summed E-state index contributed by atoms with van der Waals surface area (Å²) in [5.41, 5.74) is 4.98. The molecule has 3 aliphatic rings. The molecule has 3 aliphatic carbocycles.